The van der Waals surface area contributed by atoms with Crippen LogP contribution in [0.25, 0.3) is 0 Å². The van der Waals surface area contributed by atoms with Crippen LogP contribution in [0.1, 0.15) is 17.8 Å². The van der Waals surface area contributed by atoms with Gasteiger partial charge >= 0.3 is 0 Å². The first kappa shape index (κ1) is 10.4. The first-order chi connectivity index (χ1) is 6.47. The van der Waals surface area contributed by atoms with E-state index in [1.54, 1.807) is 6.20 Å². The van der Waals surface area contributed by atoms with E-state index in [2.05, 4.69) is 20.9 Å². The maximum Gasteiger partial charge on any atom is 0.250 e. The van der Waals surface area contributed by atoms with E-state index in [1.807, 2.05) is 0 Å². The molecule has 2 N–H and O–H groups in total. The topological polar surface area (TPSA) is 38.9 Å². The van der Waals surface area contributed by atoms with Gasteiger partial charge in [-0.15, -0.1) is 11.3 Å². The molecule has 6 heteroatoms. The molecule has 0 aliphatic heterocycles. The SMILES string of the molecule is NCC1(c2ncc(Br)s2)CC(F)(F)C1. The van der Waals surface area contributed by atoms with Gasteiger partial charge in [0.05, 0.1) is 9.98 Å². The van der Waals surface area contributed by atoms with E-state index >= 15 is 0 Å². The second-order valence-corrected chi connectivity index (χ2v) is 6.07. The lowest BCUT2D eigenvalue weighted by atomic mass is 9.66. The minimum absolute atomic E-state index is 0.170. The molecule has 1 heterocycles. The van der Waals surface area contributed by atoms with Gasteiger partial charge in [-0.1, -0.05) is 0 Å². The summed E-state index contributed by atoms with van der Waals surface area (Å²) in [6, 6.07) is 0. The van der Waals surface area contributed by atoms with Gasteiger partial charge in [0.1, 0.15) is 5.01 Å². The molecule has 0 spiro atoms. The van der Waals surface area contributed by atoms with Crippen LogP contribution in [0, 0.1) is 0 Å². The first-order valence-electron chi connectivity index (χ1n) is 4.17. The largest absolute Gasteiger partial charge is 0.329 e. The Morgan fingerprint density at radius 1 is 1.57 bits per heavy atom. The molecular formula is C8H9BrF2N2S. The fourth-order valence-corrected chi connectivity index (χ4v) is 3.22. The third-order valence-electron chi connectivity index (χ3n) is 2.52. The number of nitrogens with two attached hydrogens (primary N) is 1. The summed E-state index contributed by atoms with van der Waals surface area (Å²) in [4.78, 5) is 4.10. The molecule has 1 aromatic rings. The molecule has 78 valence electrons. The highest BCUT2D eigenvalue weighted by molar-refractivity contribution is 9.11. The van der Waals surface area contributed by atoms with Crippen molar-refractivity contribution in [2.24, 2.45) is 5.73 Å². The predicted molar refractivity (Wildman–Crippen MR) is 54.7 cm³/mol. The van der Waals surface area contributed by atoms with Crippen molar-refractivity contribution in [3.05, 3.63) is 15.0 Å². The smallest absolute Gasteiger partial charge is 0.250 e. The number of thiazole rings is 1. The first-order valence-corrected chi connectivity index (χ1v) is 5.78. The standard InChI is InChI=1S/C8H9BrF2N2S/c9-5-1-13-6(14-5)7(4-12)2-8(10,11)3-7/h1H,2-4,12H2. The van der Waals surface area contributed by atoms with E-state index in [1.165, 1.54) is 11.3 Å². The third kappa shape index (κ3) is 1.59. The molecule has 2 rings (SSSR count). The summed E-state index contributed by atoms with van der Waals surface area (Å²) in [5.74, 6) is -2.56. The van der Waals surface area contributed by atoms with Crippen LogP contribution in [0.3, 0.4) is 0 Å². The Kier molecular flexibility index (Phi) is 2.40. The van der Waals surface area contributed by atoms with E-state index in [0.717, 1.165) is 8.79 Å². The molecule has 0 saturated heterocycles. The number of nitrogens with zero attached hydrogens (tertiary/aromatic N) is 1. The lowest BCUT2D eigenvalue weighted by Gasteiger charge is -2.45. The van der Waals surface area contributed by atoms with Crippen LogP contribution in [0.2, 0.25) is 0 Å². The lowest BCUT2D eigenvalue weighted by molar-refractivity contribution is -0.123. The summed E-state index contributed by atoms with van der Waals surface area (Å²) in [6.07, 6.45) is 1.29. The maximum atomic E-state index is 12.8. The van der Waals surface area contributed by atoms with Crippen LogP contribution in [-0.2, 0) is 5.41 Å². The average Bonchev–Trinajstić information content (AvgIpc) is 2.47. The van der Waals surface area contributed by atoms with Crippen LogP contribution in [0.5, 0.6) is 0 Å². The van der Waals surface area contributed by atoms with Crippen molar-refractivity contribution in [1.82, 2.24) is 4.98 Å². The average molecular weight is 283 g/mol. The van der Waals surface area contributed by atoms with Crippen molar-refractivity contribution in [2.45, 2.75) is 24.2 Å². The van der Waals surface area contributed by atoms with Gasteiger partial charge in [-0.3, -0.25) is 0 Å². The van der Waals surface area contributed by atoms with Crippen molar-refractivity contribution < 1.29 is 8.78 Å². The van der Waals surface area contributed by atoms with Crippen molar-refractivity contribution in [3.8, 4) is 0 Å². The summed E-state index contributed by atoms with van der Waals surface area (Å²) in [7, 11) is 0. The number of hydrogen-bond acceptors (Lipinski definition) is 3. The monoisotopic (exact) mass is 282 g/mol. The van der Waals surface area contributed by atoms with Crippen LogP contribution in [0.15, 0.2) is 9.98 Å². The van der Waals surface area contributed by atoms with Gasteiger partial charge in [-0.05, 0) is 15.9 Å². The summed E-state index contributed by atoms with van der Waals surface area (Å²) in [5.41, 5.74) is 4.97. The quantitative estimate of drug-likeness (QED) is 0.905. The Hall–Kier alpha value is -0.0700. The van der Waals surface area contributed by atoms with E-state index in [4.69, 9.17) is 5.73 Å². The molecule has 0 bridgehead atoms. The molecule has 0 unspecified atom stereocenters. The summed E-state index contributed by atoms with van der Waals surface area (Å²) in [6.45, 7) is 0.239. The predicted octanol–water partition coefficient (Wildman–Crippen LogP) is 2.53. The van der Waals surface area contributed by atoms with Crippen molar-refractivity contribution in [2.75, 3.05) is 6.54 Å². The summed E-state index contributed by atoms with van der Waals surface area (Å²) >= 11 is 4.65. The molecule has 1 aliphatic rings. The second kappa shape index (κ2) is 3.21. The number of aromatic nitrogens is 1. The minimum atomic E-state index is -2.56. The zero-order chi connectivity index (χ0) is 10.4. The van der Waals surface area contributed by atoms with E-state index < -0.39 is 11.3 Å². The molecule has 0 amide bonds. The zero-order valence-corrected chi connectivity index (χ0v) is 9.67. The number of halogens is 3. The highest BCUT2D eigenvalue weighted by Gasteiger charge is 2.58. The number of rotatable bonds is 2. The number of alkyl halides is 2. The van der Waals surface area contributed by atoms with E-state index in [9.17, 15) is 8.78 Å². The Balaban J connectivity index is 2.24. The molecule has 2 nitrogen and oxygen atoms in total. The van der Waals surface area contributed by atoms with Crippen LogP contribution < -0.4 is 5.73 Å². The van der Waals surface area contributed by atoms with Gasteiger partial charge in [-0.25, -0.2) is 13.8 Å². The molecule has 0 radical (unpaired) electrons. The third-order valence-corrected chi connectivity index (χ3v) is 4.24. The summed E-state index contributed by atoms with van der Waals surface area (Å²) < 4.78 is 26.5. The Labute approximate surface area is 92.6 Å². The second-order valence-electron chi connectivity index (χ2n) is 3.66. The Morgan fingerprint density at radius 2 is 2.21 bits per heavy atom. The van der Waals surface area contributed by atoms with Gasteiger partial charge in [0.25, 0.3) is 0 Å². The van der Waals surface area contributed by atoms with Crippen molar-refractivity contribution in [3.63, 3.8) is 0 Å². The Morgan fingerprint density at radius 3 is 2.57 bits per heavy atom. The molecule has 0 atom stereocenters. The van der Waals surface area contributed by atoms with Crippen molar-refractivity contribution in [1.29, 1.82) is 0 Å². The summed E-state index contributed by atoms with van der Waals surface area (Å²) in [5, 5.41) is 0.720. The Bertz CT molecular complexity index is 345. The lowest BCUT2D eigenvalue weighted by Crippen LogP contribution is -2.53. The van der Waals surface area contributed by atoms with Crippen LogP contribution in [0.4, 0.5) is 8.78 Å². The molecular weight excluding hydrogens is 274 g/mol. The highest BCUT2D eigenvalue weighted by Crippen LogP contribution is 2.53. The number of hydrogen-bond donors (Lipinski definition) is 1. The highest BCUT2D eigenvalue weighted by atomic mass is 79.9. The fourth-order valence-electron chi connectivity index (χ4n) is 1.82. The fraction of sp³-hybridized carbons (Fsp3) is 0.625. The molecule has 1 saturated carbocycles. The van der Waals surface area contributed by atoms with Gasteiger partial charge in [-0.2, -0.15) is 0 Å². The van der Waals surface area contributed by atoms with E-state index in [-0.39, 0.29) is 19.4 Å². The van der Waals surface area contributed by atoms with Crippen LogP contribution >= 0.6 is 27.3 Å². The van der Waals surface area contributed by atoms with Gasteiger partial charge in [0.15, 0.2) is 0 Å². The molecule has 14 heavy (non-hydrogen) atoms. The molecule has 0 aromatic carbocycles. The van der Waals surface area contributed by atoms with Gasteiger partial charge in [0.2, 0.25) is 5.92 Å². The molecule has 1 aliphatic carbocycles. The van der Waals surface area contributed by atoms with Crippen molar-refractivity contribution >= 4 is 27.3 Å². The normalized spacial score (nSPS) is 23.1. The minimum Gasteiger partial charge on any atom is -0.329 e. The van der Waals surface area contributed by atoms with Gasteiger partial charge in [0, 0.05) is 24.8 Å². The van der Waals surface area contributed by atoms with Gasteiger partial charge < -0.3 is 5.73 Å². The zero-order valence-electron chi connectivity index (χ0n) is 7.27. The maximum absolute atomic E-state index is 12.8. The molecule has 1 aromatic heterocycles. The van der Waals surface area contributed by atoms with E-state index in [0.29, 0.717) is 0 Å². The van der Waals surface area contributed by atoms with Crippen LogP contribution in [-0.4, -0.2) is 17.5 Å². The molecule has 1 fully saturated rings.